The van der Waals surface area contributed by atoms with Crippen LogP contribution in [0.5, 0.6) is 0 Å². The quantitative estimate of drug-likeness (QED) is 0.790. The van der Waals surface area contributed by atoms with E-state index in [1.54, 1.807) is 7.11 Å². The molecule has 6 unspecified atom stereocenters. The smallest absolute Gasteiger partial charge is 0.152 e. The van der Waals surface area contributed by atoms with Gasteiger partial charge in [0.2, 0.25) is 0 Å². The third-order valence-corrected chi connectivity index (χ3v) is 9.15. The van der Waals surface area contributed by atoms with E-state index < -0.39 is 11.5 Å². The fraction of sp³-hybridized carbons (Fsp3) is 0.905. The lowest BCUT2D eigenvalue weighted by atomic mass is 9.42. The number of carbonyl (C=O) groups excluding carboxylic acids is 1. The van der Waals surface area contributed by atoms with E-state index in [1.807, 2.05) is 0 Å². The summed E-state index contributed by atoms with van der Waals surface area (Å²) in [6.45, 7) is 4.58. The van der Waals surface area contributed by atoms with Gasteiger partial charge in [0.25, 0.3) is 0 Å². The maximum absolute atomic E-state index is 12.5. The van der Waals surface area contributed by atoms with Crippen LogP contribution < -0.4 is 0 Å². The number of nitriles is 1. The molecule has 0 heterocycles. The van der Waals surface area contributed by atoms with Gasteiger partial charge in [-0.15, -0.1) is 0 Å². The van der Waals surface area contributed by atoms with Crippen molar-refractivity contribution in [3.63, 3.8) is 0 Å². The maximum atomic E-state index is 12.5. The van der Waals surface area contributed by atoms with Crippen LogP contribution in [0.4, 0.5) is 0 Å². The number of carbonyl (C=O) groups is 1. The Morgan fingerprint density at radius 3 is 2.60 bits per heavy atom. The van der Waals surface area contributed by atoms with Crippen LogP contribution in [0.2, 0.25) is 0 Å². The minimum atomic E-state index is -0.477. The predicted molar refractivity (Wildman–Crippen MR) is 93.5 cm³/mol. The van der Waals surface area contributed by atoms with Gasteiger partial charge in [0.15, 0.2) is 5.78 Å². The van der Waals surface area contributed by atoms with Crippen LogP contribution in [-0.2, 0) is 9.53 Å². The first kappa shape index (κ1) is 17.5. The van der Waals surface area contributed by atoms with E-state index in [0.29, 0.717) is 30.6 Å². The minimum absolute atomic E-state index is 0.0592. The molecular weight excluding hydrogens is 314 g/mol. The second-order valence-electron chi connectivity index (χ2n) is 9.70. The molecule has 4 fully saturated rings. The van der Waals surface area contributed by atoms with Gasteiger partial charge in [-0.25, -0.2) is 0 Å². The van der Waals surface area contributed by atoms with E-state index in [2.05, 4.69) is 19.9 Å². The zero-order valence-electron chi connectivity index (χ0n) is 15.8. The molecule has 138 valence electrons. The van der Waals surface area contributed by atoms with Crippen molar-refractivity contribution in [3.05, 3.63) is 0 Å². The van der Waals surface area contributed by atoms with Crippen molar-refractivity contribution >= 4 is 5.78 Å². The number of methoxy groups -OCH3 is 1. The fourth-order valence-electron chi connectivity index (χ4n) is 7.57. The van der Waals surface area contributed by atoms with Crippen LogP contribution in [0.25, 0.3) is 0 Å². The highest BCUT2D eigenvalue weighted by Crippen LogP contribution is 2.68. The van der Waals surface area contributed by atoms with E-state index in [-0.39, 0.29) is 22.7 Å². The molecule has 0 bridgehead atoms. The lowest BCUT2D eigenvalue weighted by Gasteiger charge is -2.64. The highest BCUT2D eigenvalue weighted by atomic mass is 16.5. The van der Waals surface area contributed by atoms with Gasteiger partial charge in [-0.1, -0.05) is 13.8 Å². The average molecular weight is 345 g/mol. The maximum Gasteiger partial charge on any atom is 0.152 e. The van der Waals surface area contributed by atoms with Crippen LogP contribution in [0.15, 0.2) is 0 Å². The summed E-state index contributed by atoms with van der Waals surface area (Å²) in [7, 11) is 1.75. The topological polar surface area (TPSA) is 70.3 Å². The summed E-state index contributed by atoms with van der Waals surface area (Å²) in [4.78, 5) is 12.5. The number of aliphatic hydroxyl groups excluding tert-OH is 1. The number of aliphatic hydroxyl groups is 1. The lowest BCUT2D eigenvalue weighted by Crippen LogP contribution is -2.64. The first-order valence-electron chi connectivity index (χ1n) is 9.97. The number of hydrogen-bond donors (Lipinski definition) is 1. The van der Waals surface area contributed by atoms with Gasteiger partial charge in [-0.3, -0.25) is 4.79 Å². The predicted octanol–water partition coefficient (Wildman–Crippen LogP) is 3.48. The lowest BCUT2D eigenvalue weighted by molar-refractivity contribution is -0.221. The number of Topliss-reactive ketones (excluding diaryl/α,β-unsaturated/α-hetero) is 1. The van der Waals surface area contributed by atoms with Crippen molar-refractivity contribution in [2.75, 3.05) is 7.11 Å². The van der Waals surface area contributed by atoms with E-state index >= 15 is 0 Å². The molecule has 0 aromatic heterocycles. The minimum Gasteiger partial charge on any atom is -0.393 e. The summed E-state index contributed by atoms with van der Waals surface area (Å²) in [5.41, 5.74) is -0.457. The van der Waals surface area contributed by atoms with Gasteiger partial charge in [0, 0.05) is 18.9 Å². The molecule has 25 heavy (non-hydrogen) atoms. The largest absolute Gasteiger partial charge is 0.393 e. The Hall–Kier alpha value is -0.920. The van der Waals surface area contributed by atoms with Gasteiger partial charge in [0.1, 0.15) is 5.92 Å². The third kappa shape index (κ3) is 2.09. The molecule has 4 rings (SSSR count). The number of rotatable bonds is 1. The molecular formula is C21H31NO3. The monoisotopic (exact) mass is 345 g/mol. The normalized spacial score (nSPS) is 55.0. The molecule has 4 nitrogen and oxygen atoms in total. The van der Waals surface area contributed by atoms with E-state index in [0.717, 1.165) is 38.5 Å². The Morgan fingerprint density at radius 2 is 1.92 bits per heavy atom. The van der Waals surface area contributed by atoms with Crippen LogP contribution in [0.1, 0.15) is 65.2 Å². The molecule has 0 aliphatic heterocycles. The first-order chi connectivity index (χ1) is 11.8. The number of hydrogen-bond acceptors (Lipinski definition) is 4. The SMILES string of the molecule is CO[C@@]12CCC3C4CCC(O)C4(C)CCC3C1(C)C[C@@H](C#N)C(=O)C2. The molecule has 0 radical (unpaired) electrons. The summed E-state index contributed by atoms with van der Waals surface area (Å²) in [6.07, 6.45) is 7.06. The van der Waals surface area contributed by atoms with E-state index in [4.69, 9.17) is 4.74 Å². The summed E-state index contributed by atoms with van der Waals surface area (Å²) < 4.78 is 6.08. The summed E-state index contributed by atoms with van der Waals surface area (Å²) in [5.74, 6) is 1.25. The zero-order chi connectivity index (χ0) is 18.0. The average Bonchev–Trinajstić information content (AvgIpc) is 2.90. The Labute approximate surface area is 150 Å². The highest BCUT2D eigenvalue weighted by Gasteiger charge is 2.66. The third-order valence-electron chi connectivity index (χ3n) is 9.15. The molecule has 4 aliphatic rings. The molecule has 0 spiro atoms. The second kappa shape index (κ2) is 5.54. The van der Waals surface area contributed by atoms with E-state index in [1.165, 1.54) is 0 Å². The highest BCUT2D eigenvalue weighted by molar-refractivity contribution is 5.85. The summed E-state index contributed by atoms with van der Waals surface area (Å²) in [6, 6.07) is 2.26. The van der Waals surface area contributed by atoms with Gasteiger partial charge < -0.3 is 9.84 Å². The van der Waals surface area contributed by atoms with Crippen LogP contribution in [0.3, 0.4) is 0 Å². The van der Waals surface area contributed by atoms with Gasteiger partial charge in [-0.05, 0) is 68.1 Å². The zero-order valence-corrected chi connectivity index (χ0v) is 15.8. The fourth-order valence-corrected chi connectivity index (χ4v) is 7.57. The van der Waals surface area contributed by atoms with Crippen molar-refractivity contribution in [3.8, 4) is 6.07 Å². The molecule has 0 aromatic rings. The Bertz CT molecular complexity index is 627. The van der Waals surface area contributed by atoms with Crippen LogP contribution in [0, 0.1) is 45.8 Å². The molecule has 4 saturated carbocycles. The Balaban J connectivity index is 1.72. The van der Waals surface area contributed by atoms with Crippen molar-refractivity contribution in [1.29, 1.82) is 5.26 Å². The molecule has 1 N–H and O–H groups in total. The molecule has 0 amide bonds. The number of ketones is 1. The number of fused-ring (bicyclic) bond motifs is 5. The number of nitrogens with zero attached hydrogens (tertiary/aromatic N) is 1. The van der Waals surface area contributed by atoms with Crippen molar-refractivity contribution in [2.45, 2.75) is 76.9 Å². The molecule has 8 atom stereocenters. The number of ether oxygens (including phenoxy) is 1. The van der Waals surface area contributed by atoms with Crippen molar-refractivity contribution in [1.82, 2.24) is 0 Å². The van der Waals surface area contributed by atoms with Crippen LogP contribution >= 0.6 is 0 Å². The van der Waals surface area contributed by atoms with Crippen LogP contribution in [-0.4, -0.2) is 29.7 Å². The van der Waals surface area contributed by atoms with Crippen molar-refractivity contribution in [2.24, 2.45) is 34.5 Å². The first-order valence-corrected chi connectivity index (χ1v) is 9.97. The van der Waals surface area contributed by atoms with Gasteiger partial charge in [0.05, 0.1) is 17.8 Å². The molecule has 4 aliphatic carbocycles. The van der Waals surface area contributed by atoms with E-state index in [9.17, 15) is 15.2 Å². The molecule has 0 saturated heterocycles. The Morgan fingerprint density at radius 1 is 1.16 bits per heavy atom. The Kier molecular flexibility index (Phi) is 3.87. The summed E-state index contributed by atoms with van der Waals surface area (Å²) in [5, 5.41) is 20.1. The standard InChI is InChI=1S/C21H31NO3/c1-19-8-7-16-14(15(19)4-5-18(19)24)6-9-21(25-3)11-17(23)13(12-22)10-20(16,21)2/h13-16,18,24H,4-11H2,1-3H3/t13-,14?,15?,16?,18?,19?,20?,21+/m0/s1. The second-order valence-corrected chi connectivity index (χ2v) is 9.70. The summed E-state index contributed by atoms with van der Waals surface area (Å²) >= 11 is 0. The molecule has 4 heteroatoms. The van der Waals surface area contributed by atoms with Crippen molar-refractivity contribution < 1.29 is 14.6 Å². The van der Waals surface area contributed by atoms with Gasteiger partial charge in [-0.2, -0.15) is 5.26 Å². The van der Waals surface area contributed by atoms with Gasteiger partial charge >= 0.3 is 0 Å². The molecule has 0 aromatic carbocycles.